The molecule has 3 rings (SSSR count). The van der Waals surface area contributed by atoms with Crippen molar-refractivity contribution in [2.24, 2.45) is 0 Å². The molecule has 0 spiro atoms. The zero-order valence-corrected chi connectivity index (χ0v) is 15.6. The van der Waals surface area contributed by atoms with E-state index in [1.807, 2.05) is 32.0 Å². The molecule has 2 heterocycles. The number of hydrogen-bond acceptors (Lipinski definition) is 7. The molecule has 0 unspecified atom stereocenters. The highest BCUT2D eigenvalue weighted by atomic mass is 16.5. The normalized spacial score (nSPS) is 10.6. The maximum Gasteiger partial charge on any atom is 0.287 e. The highest BCUT2D eigenvalue weighted by Crippen LogP contribution is 2.28. The molecule has 1 aromatic carbocycles. The van der Waals surface area contributed by atoms with Gasteiger partial charge in [0.2, 0.25) is 5.95 Å². The number of nitrogens with one attached hydrogen (secondary N) is 3. The fourth-order valence-electron chi connectivity index (χ4n) is 2.67. The van der Waals surface area contributed by atoms with E-state index in [0.717, 1.165) is 23.4 Å². The Hall–Kier alpha value is -3.29. The van der Waals surface area contributed by atoms with E-state index in [-0.39, 0.29) is 11.7 Å². The molecular formula is C19H23N5O3. The van der Waals surface area contributed by atoms with Gasteiger partial charge in [-0.15, -0.1) is 0 Å². The summed E-state index contributed by atoms with van der Waals surface area (Å²) in [6, 6.07) is 9.10. The lowest BCUT2D eigenvalue weighted by Gasteiger charge is -2.09. The average molecular weight is 369 g/mol. The van der Waals surface area contributed by atoms with Gasteiger partial charge in [-0.05, 0) is 26.0 Å². The zero-order chi connectivity index (χ0) is 19.2. The number of benzene rings is 1. The van der Waals surface area contributed by atoms with E-state index in [1.54, 1.807) is 19.2 Å². The molecule has 27 heavy (non-hydrogen) atoms. The number of rotatable bonds is 8. The zero-order valence-electron chi connectivity index (χ0n) is 15.6. The minimum absolute atomic E-state index is 0.246. The van der Waals surface area contributed by atoms with Crippen LogP contribution in [0.1, 0.15) is 23.2 Å². The molecule has 0 saturated carbocycles. The molecule has 0 atom stereocenters. The summed E-state index contributed by atoms with van der Waals surface area (Å²) >= 11 is 0. The molecule has 0 aliphatic carbocycles. The molecule has 1 amide bonds. The van der Waals surface area contributed by atoms with Crippen LogP contribution in [0.2, 0.25) is 0 Å². The SMILES string of the molecule is CCNc1cc(C)nc(NCCNC(=O)c2cc3cccc(OC)c3o2)n1. The molecule has 3 aromatic rings. The molecular weight excluding hydrogens is 346 g/mol. The summed E-state index contributed by atoms with van der Waals surface area (Å²) in [6.07, 6.45) is 0. The van der Waals surface area contributed by atoms with E-state index in [4.69, 9.17) is 9.15 Å². The number of aromatic nitrogens is 2. The van der Waals surface area contributed by atoms with Crippen molar-refractivity contribution in [3.8, 4) is 5.75 Å². The van der Waals surface area contributed by atoms with Crippen LogP contribution in [0.4, 0.5) is 11.8 Å². The quantitative estimate of drug-likeness (QED) is 0.525. The van der Waals surface area contributed by atoms with Gasteiger partial charge in [0.25, 0.3) is 5.91 Å². The third-order valence-electron chi connectivity index (χ3n) is 3.86. The van der Waals surface area contributed by atoms with Gasteiger partial charge in [0.1, 0.15) is 5.82 Å². The number of hydrogen-bond donors (Lipinski definition) is 3. The summed E-state index contributed by atoms with van der Waals surface area (Å²) in [5, 5.41) is 9.90. The number of nitrogens with zero attached hydrogens (tertiary/aromatic N) is 2. The van der Waals surface area contributed by atoms with Gasteiger partial charge >= 0.3 is 0 Å². The Balaban J connectivity index is 1.56. The fourth-order valence-corrected chi connectivity index (χ4v) is 2.67. The van der Waals surface area contributed by atoms with Crippen LogP contribution in [0.25, 0.3) is 11.0 Å². The summed E-state index contributed by atoms with van der Waals surface area (Å²) in [5.74, 6) is 1.85. The number of fused-ring (bicyclic) bond motifs is 1. The van der Waals surface area contributed by atoms with Crippen LogP contribution in [0.3, 0.4) is 0 Å². The topological polar surface area (TPSA) is 101 Å². The van der Waals surface area contributed by atoms with E-state index in [1.165, 1.54) is 0 Å². The number of anilines is 2. The van der Waals surface area contributed by atoms with Crippen molar-refractivity contribution in [2.75, 3.05) is 37.4 Å². The minimum atomic E-state index is -0.284. The van der Waals surface area contributed by atoms with Crippen LogP contribution < -0.4 is 20.7 Å². The molecule has 0 saturated heterocycles. The van der Waals surface area contributed by atoms with E-state index in [0.29, 0.717) is 30.4 Å². The maximum atomic E-state index is 12.3. The van der Waals surface area contributed by atoms with Crippen LogP contribution in [0, 0.1) is 6.92 Å². The van der Waals surface area contributed by atoms with Crippen LogP contribution in [0.5, 0.6) is 5.75 Å². The van der Waals surface area contributed by atoms with Gasteiger partial charge in [-0.25, -0.2) is 4.98 Å². The Bertz CT molecular complexity index is 938. The van der Waals surface area contributed by atoms with Crippen molar-refractivity contribution >= 4 is 28.6 Å². The van der Waals surface area contributed by atoms with Crippen molar-refractivity contribution < 1.29 is 13.9 Å². The third-order valence-corrected chi connectivity index (χ3v) is 3.86. The Labute approximate surface area is 157 Å². The monoisotopic (exact) mass is 369 g/mol. The highest BCUT2D eigenvalue weighted by molar-refractivity contribution is 5.97. The van der Waals surface area contributed by atoms with Gasteiger partial charge in [0.05, 0.1) is 7.11 Å². The summed E-state index contributed by atoms with van der Waals surface area (Å²) in [7, 11) is 1.57. The number of amides is 1. The predicted octanol–water partition coefficient (Wildman–Crippen LogP) is 2.81. The highest BCUT2D eigenvalue weighted by Gasteiger charge is 2.14. The second-order valence-corrected chi connectivity index (χ2v) is 5.92. The summed E-state index contributed by atoms with van der Waals surface area (Å²) < 4.78 is 10.9. The predicted molar refractivity (Wildman–Crippen MR) is 105 cm³/mol. The molecule has 0 fully saturated rings. The molecule has 0 radical (unpaired) electrons. The molecule has 3 N–H and O–H groups in total. The smallest absolute Gasteiger partial charge is 0.287 e. The number of para-hydroxylation sites is 1. The number of ether oxygens (including phenoxy) is 1. The molecule has 2 aromatic heterocycles. The van der Waals surface area contributed by atoms with Gasteiger partial charge in [0, 0.05) is 36.8 Å². The van der Waals surface area contributed by atoms with Crippen molar-refractivity contribution in [3.63, 3.8) is 0 Å². The number of furan rings is 1. The first kappa shape index (κ1) is 18.5. The molecule has 8 nitrogen and oxygen atoms in total. The van der Waals surface area contributed by atoms with Crippen LogP contribution >= 0.6 is 0 Å². The first-order chi connectivity index (χ1) is 13.1. The van der Waals surface area contributed by atoms with Gasteiger partial charge in [-0.3, -0.25) is 4.79 Å². The van der Waals surface area contributed by atoms with E-state index in [9.17, 15) is 4.79 Å². The number of carbonyl (C=O) groups excluding carboxylic acids is 1. The van der Waals surface area contributed by atoms with Crippen molar-refractivity contribution in [3.05, 3.63) is 41.8 Å². The lowest BCUT2D eigenvalue weighted by atomic mass is 10.2. The summed E-state index contributed by atoms with van der Waals surface area (Å²) in [5.41, 5.74) is 1.43. The van der Waals surface area contributed by atoms with Gasteiger partial charge in [0.15, 0.2) is 17.1 Å². The second-order valence-electron chi connectivity index (χ2n) is 5.92. The molecule has 142 valence electrons. The van der Waals surface area contributed by atoms with Gasteiger partial charge in [-0.2, -0.15) is 4.98 Å². The third kappa shape index (κ3) is 4.46. The number of aryl methyl sites for hydroxylation is 1. The lowest BCUT2D eigenvalue weighted by molar-refractivity contribution is 0.0929. The molecule has 0 aliphatic heterocycles. The summed E-state index contributed by atoms with van der Waals surface area (Å²) in [4.78, 5) is 21.0. The fraction of sp³-hybridized carbons (Fsp3) is 0.316. The van der Waals surface area contributed by atoms with Crippen molar-refractivity contribution in [1.82, 2.24) is 15.3 Å². The number of carbonyl (C=O) groups is 1. The average Bonchev–Trinajstić information content (AvgIpc) is 3.09. The Morgan fingerprint density at radius 2 is 2.04 bits per heavy atom. The maximum absolute atomic E-state index is 12.3. The molecule has 0 aliphatic rings. The Kier molecular flexibility index (Phi) is 5.75. The van der Waals surface area contributed by atoms with Crippen molar-refractivity contribution in [1.29, 1.82) is 0 Å². The van der Waals surface area contributed by atoms with E-state index < -0.39 is 0 Å². The first-order valence-corrected chi connectivity index (χ1v) is 8.79. The largest absolute Gasteiger partial charge is 0.493 e. The van der Waals surface area contributed by atoms with Gasteiger partial charge in [-0.1, -0.05) is 12.1 Å². The first-order valence-electron chi connectivity index (χ1n) is 8.79. The van der Waals surface area contributed by atoms with Crippen LogP contribution in [0.15, 0.2) is 34.7 Å². The molecule has 0 bridgehead atoms. The van der Waals surface area contributed by atoms with Gasteiger partial charge < -0.3 is 25.1 Å². The minimum Gasteiger partial charge on any atom is -0.493 e. The van der Waals surface area contributed by atoms with E-state index in [2.05, 4.69) is 25.9 Å². The van der Waals surface area contributed by atoms with E-state index >= 15 is 0 Å². The van der Waals surface area contributed by atoms with Crippen LogP contribution in [-0.2, 0) is 0 Å². The summed E-state index contributed by atoms with van der Waals surface area (Å²) in [6.45, 7) is 5.60. The van der Waals surface area contributed by atoms with Crippen LogP contribution in [-0.4, -0.2) is 42.6 Å². The lowest BCUT2D eigenvalue weighted by Crippen LogP contribution is -2.28. The Morgan fingerprint density at radius 3 is 2.81 bits per heavy atom. The van der Waals surface area contributed by atoms with Crippen molar-refractivity contribution in [2.45, 2.75) is 13.8 Å². The molecule has 8 heteroatoms. The standard InChI is InChI=1S/C19H23N5O3/c1-4-20-16-10-12(2)23-19(24-16)22-9-8-21-18(25)15-11-13-6-5-7-14(26-3)17(13)27-15/h5-7,10-11H,4,8-9H2,1-3H3,(H,21,25)(H2,20,22,23,24). The number of methoxy groups -OCH3 is 1. The second kappa shape index (κ2) is 8.39. The Morgan fingerprint density at radius 1 is 1.19 bits per heavy atom.